The van der Waals surface area contributed by atoms with Crippen LogP contribution in [0.5, 0.6) is 0 Å². The van der Waals surface area contributed by atoms with Crippen LogP contribution in [-0.4, -0.2) is 66.6 Å². The highest BCUT2D eigenvalue weighted by Crippen LogP contribution is 2.43. The number of nitrogens with zero attached hydrogens (tertiary/aromatic N) is 2. The first-order valence-electron chi connectivity index (χ1n) is 18.4. The van der Waals surface area contributed by atoms with Gasteiger partial charge in [-0.15, -0.1) is 0 Å². The van der Waals surface area contributed by atoms with Gasteiger partial charge in [-0.2, -0.15) is 0 Å². The van der Waals surface area contributed by atoms with E-state index in [2.05, 4.69) is 64.3 Å². The number of ether oxygens (including phenoxy) is 3. The quantitative estimate of drug-likeness (QED) is 0.151. The van der Waals surface area contributed by atoms with Crippen molar-refractivity contribution in [1.29, 1.82) is 0 Å². The summed E-state index contributed by atoms with van der Waals surface area (Å²) in [7, 11) is 0. The zero-order chi connectivity index (χ0) is 36.8. The number of alkyl carbamates (subject to hydrolysis) is 1. The molecule has 0 saturated carbocycles. The average Bonchev–Trinajstić information content (AvgIpc) is 3.52. The van der Waals surface area contributed by atoms with Gasteiger partial charge in [0.25, 0.3) is 0 Å². The number of hydrogen-bond donors (Lipinski definition) is 3. The van der Waals surface area contributed by atoms with Crippen molar-refractivity contribution in [3.63, 3.8) is 0 Å². The maximum absolute atomic E-state index is 13.3. The molecule has 0 aliphatic carbocycles. The molecule has 7 rings (SSSR count). The molecular weight excluding hydrogens is 668 g/mol. The van der Waals surface area contributed by atoms with Crippen LogP contribution in [0.2, 0.25) is 0 Å². The molecule has 0 bridgehead atoms. The minimum atomic E-state index is -0.617. The van der Waals surface area contributed by atoms with Crippen LogP contribution in [0.15, 0.2) is 116 Å². The van der Waals surface area contributed by atoms with Gasteiger partial charge >= 0.3 is 6.09 Å². The summed E-state index contributed by atoms with van der Waals surface area (Å²) in [6.07, 6.45) is 1.50. The highest BCUT2D eigenvalue weighted by atomic mass is 16.7. The van der Waals surface area contributed by atoms with Crippen molar-refractivity contribution in [2.75, 3.05) is 37.8 Å². The molecule has 3 aliphatic rings. The molecule has 4 aromatic carbocycles. The van der Waals surface area contributed by atoms with E-state index >= 15 is 0 Å². The van der Waals surface area contributed by atoms with E-state index in [1.165, 1.54) is 6.08 Å². The lowest BCUT2D eigenvalue weighted by atomic mass is 9.84. The fourth-order valence-electron chi connectivity index (χ4n) is 7.81. The van der Waals surface area contributed by atoms with Gasteiger partial charge in [0, 0.05) is 43.3 Å². The van der Waals surface area contributed by atoms with E-state index in [1.54, 1.807) is 0 Å². The number of carbonyl (C=O) groups excluding carboxylic acids is 2. The van der Waals surface area contributed by atoms with Gasteiger partial charge in [0.2, 0.25) is 5.91 Å². The van der Waals surface area contributed by atoms with Crippen molar-refractivity contribution >= 4 is 17.7 Å². The molecule has 53 heavy (non-hydrogen) atoms. The zero-order valence-electron chi connectivity index (χ0n) is 30.2. The zero-order valence-corrected chi connectivity index (χ0v) is 30.2. The highest BCUT2D eigenvalue weighted by Gasteiger charge is 2.51. The summed E-state index contributed by atoms with van der Waals surface area (Å²) in [5.41, 5.74) is 6.26. The third kappa shape index (κ3) is 8.01. The Kier molecular flexibility index (Phi) is 11.2. The minimum absolute atomic E-state index is 0.0185. The van der Waals surface area contributed by atoms with Crippen molar-refractivity contribution in [3.05, 3.63) is 138 Å². The number of nitrogens with one attached hydrogen (secondary N) is 2. The summed E-state index contributed by atoms with van der Waals surface area (Å²) in [5, 5.41) is 15.6. The molecule has 10 nitrogen and oxygen atoms in total. The normalized spacial score (nSPS) is 22.7. The first-order chi connectivity index (χ1) is 25.9. The lowest BCUT2D eigenvalue weighted by molar-refractivity contribution is -0.276. The molecule has 0 unspecified atom stereocenters. The van der Waals surface area contributed by atoms with Crippen LogP contribution < -0.4 is 15.5 Å². The van der Waals surface area contributed by atoms with E-state index in [0.29, 0.717) is 19.8 Å². The van der Waals surface area contributed by atoms with Crippen molar-refractivity contribution in [1.82, 2.24) is 15.5 Å². The van der Waals surface area contributed by atoms with Gasteiger partial charge in [0.1, 0.15) is 12.1 Å². The maximum Gasteiger partial charge on any atom is 0.407 e. The fraction of sp³-hybridized carbons (Fsp3) is 0.349. The number of likely N-dealkylation sites (tertiary alicyclic amines) is 1. The summed E-state index contributed by atoms with van der Waals surface area (Å²) in [5.74, 6) is 0.138. The Morgan fingerprint density at radius 3 is 2.42 bits per heavy atom. The molecule has 1 spiro atoms. The molecule has 4 aromatic rings. The van der Waals surface area contributed by atoms with Crippen molar-refractivity contribution < 1.29 is 28.9 Å². The Morgan fingerprint density at radius 2 is 1.68 bits per heavy atom. The molecule has 0 radical (unpaired) electrons. The fourth-order valence-corrected chi connectivity index (χ4v) is 7.81. The van der Waals surface area contributed by atoms with E-state index < -0.39 is 17.9 Å². The second-order valence-electron chi connectivity index (χ2n) is 14.1. The molecule has 3 fully saturated rings. The van der Waals surface area contributed by atoms with Crippen LogP contribution in [0.1, 0.15) is 54.4 Å². The Morgan fingerprint density at radius 1 is 0.943 bits per heavy atom. The number of hydrogen-bond acceptors (Lipinski definition) is 8. The van der Waals surface area contributed by atoms with Crippen LogP contribution in [0.4, 0.5) is 10.5 Å². The topological polar surface area (TPSA) is 113 Å². The van der Waals surface area contributed by atoms with Gasteiger partial charge < -0.3 is 39.8 Å². The number of piperidine rings is 1. The molecule has 4 atom stereocenters. The maximum atomic E-state index is 13.3. The first-order valence-corrected chi connectivity index (χ1v) is 18.4. The molecule has 3 N–H and O–H groups in total. The molecule has 3 aliphatic heterocycles. The van der Waals surface area contributed by atoms with Crippen LogP contribution >= 0.6 is 0 Å². The van der Waals surface area contributed by atoms with Gasteiger partial charge in [0.05, 0.1) is 25.5 Å². The monoisotopic (exact) mass is 716 g/mol. The van der Waals surface area contributed by atoms with E-state index in [9.17, 15) is 14.7 Å². The summed E-state index contributed by atoms with van der Waals surface area (Å²) in [6, 6.07) is 34.4. The van der Waals surface area contributed by atoms with E-state index in [1.807, 2.05) is 72.8 Å². The molecule has 3 saturated heterocycles. The van der Waals surface area contributed by atoms with E-state index in [4.69, 9.17) is 14.2 Å². The Labute approximate surface area is 311 Å². The predicted molar refractivity (Wildman–Crippen MR) is 204 cm³/mol. The molecule has 0 aromatic heterocycles. The number of aliphatic hydroxyl groups is 1. The van der Waals surface area contributed by atoms with Crippen molar-refractivity contribution in [2.24, 2.45) is 5.92 Å². The predicted octanol–water partition coefficient (Wildman–Crippen LogP) is 6.48. The number of rotatable bonds is 11. The summed E-state index contributed by atoms with van der Waals surface area (Å²) >= 11 is 0. The number of anilines is 1. The number of benzene rings is 4. The average molecular weight is 717 g/mol. The van der Waals surface area contributed by atoms with Crippen molar-refractivity contribution in [2.45, 2.75) is 57.0 Å². The van der Waals surface area contributed by atoms with Gasteiger partial charge in [-0.1, -0.05) is 98.4 Å². The number of amides is 2. The van der Waals surface area contributed by atoms with Gasteiger partial charge in [-0.3, -0.25) is 4.79 Å². The van der Waals surface area contributed by atoms with Gasteiger partial charge in [0.15, 0.2) is 6.29 Å². The lowest BCUT2D eigenvalue weighted by Gasteiger charge is -2.46. The standard InChI is InChI=1S/C43H48N4O6/c1-3-23-51-42(50)44-26-32-9-7-10-34(24-32)35-11-8-12-36(25-35)40-52-38(30(2)39(53-40)33-17-15-31(28-48)16-18-33)27-46-21-19-43(20-22-46)41(49)45-29-47(43)37-13-5-4-6-14-37/h3-18,24-25,30,38-40,48H,1,19-23,26-29H2,2H3,(H,44,50)(H,45,49)/t30-,38+,39+,40+/m1/s1. The van der Waals surface area contributed by atoms with Crippen LogP contribution in [0.25, 0.3) is 11.1 Å². The number of aliphatic hydroxyl groups excluding tert-OH is 1. The number of carbonyl (C=O) groups is 2. The minimum Gasteiger partial charge on any atom is -0.445 e. The molecule has 276 valence electrons. The third-order valence-corrected chi connectivity index (χ3v) is 10.8. The van der Waals surface area contributed by atoms with Gasteiger partial charge in [-0.25, -0.2) is 4.79 Å². The summed E-state index contributed by atoms with van der Waals surface area (Å²) in [4.78, 5) is 30.0. The van der Waals surface area contributed by atoms with Crippen LogP contribution in [0.3, 0.4) is 0 Å². The Balaban J connectivity index is 1.09. The molecule has 2 amide bonds. The summed E-state index contributed by atoms with van der Waals surface area (Å²) in [6.45, 7) is 9.01. The van der Waals surface area contributed by atoms with Crippen LogP contribution in [0, 0.1) is 5.92 Å². The molecule has 3 heterocycles. The number of para-hydroxylation sites is 1. The third-order valence-electron chi connectivity index (χ3n) is 10.8. The highest BCUT2D eigenvalue weighted by molar-refractivity contribution is 5.93. The molecular formula is C43H48N4O6. The van der Waals surface area contributed by atoms with Gasteiger partial charge in [-0.05, 0) is 64.9 Å². The van der Waals surface area contributed by atoms with Crippen molar-refractivity contribution in [3.8, 4) is 11.1 Å². The van der Waals surface area contributed by atoms with E-state index in [-0.39, 0.29) is 37.2 Å². The second-order valence-corrected chi connectivity index (χ2v) is 14.1. The van der Waals surface area contributed by atoms with E-state index in [0.717, 1.165) is 65.0 Å². The Hall–Kier alpha value is -5.00. The lowest BCUT2D eigenvalue weighted by Crippen LogP contribution is -2.57. The molecule has 10 heteroatoms. The first kappa shape index (κ1) is 36.4. The Bertz CT molecular complexity index is 1880. The summed E-state index contributed by atoms with van der Waals surface area (Å²) < 4.78 is 18.7. The van der Waals surface area contributed by atoms with Crippen LogP contribution in [-0.2, 0) is 32.2 Å². The largest absolute Gasteiger partial charge is 0.445 e. The smallest absolute Gasteiger partial charge is 0.407 e. The SMILES string of the molecule is C=CCOC(=O)NCc1cccc(-c2cccc([C@H]3O[C@@H](CN4CCC5(CC4)C(=O)NCN5c4ccccc4)[C@@H](C)[C@@H](c4ccc(CO)cc4)O3)c2)c1. The second kappa shape index (κ2) is 16.3.